The largest absolute Gasteiger partial charge is 0.390 e. The summed E-state index contributed by atoms with van der Waals surface area (Å²) in [6.07, 6.45) is 0.965. The fourth-order valence-electron chi connectivity index (χ4n) is 2.89. The molecule has 0 radical (unpaired) electrons. The Morgan fingerprint density at radius 1 is 1.26 bits per heavy atom. The molecule has 5 heteroatoms. The van der Waals surface area contributed by atoms with Gasteiger partial charge >= 0.3 is 0 Å². The van der Waals surface area contributed by atoms with Gasteiger partial charge in [-0.25, -0.2) is 0 Å². The van der Waals surface area contributed by atoms with Crippen LogP contribution in [0.1, 0.15) is 36.2 Å². The Kier molecular flexibility index (Phi) is 5.45. The van der Waals surface area contributed by atoms with Crippen molar-refractivity contribution in [3.05, 3.63) is 35.4 Å². The molecule has 0 aromatic heterocycles. The molecular formula is C18H28N2O3. The minimum atomic E-state index is -0.679. The summed E-state index contributed by atoms with van der Waals surface area (Å²) in [5, 5.41) is 19.8. The standard InChI is InChI=1S/C18H28N2O3/c1-18(2,23)10-9-13-5-7-14(8-6-13)17(22)20-11-15(19(3)4)16(21)12-20/h5-8,15-16,21,23H,9-12H2,1-4H3/t15-,16-/m1/s1. The zero-order chi connectivity index (χ0) is 17.2. The summed E-state index contributed by atoms with van der Waals surface area (Å²) in [5.41, 5.74) is 1.07. The van der Waals surface area contributed by atoms with Crippen LogP contribution >= 0.6 is 0 Å². The molecule has 0 bridgehead atoms. The summed E-state index contributed by atoms with van der Waals surface area (Å²) in [6.45, 7) is 4.52. The van der Waals surface area contributed by atoms with E-state index in [1.165, 1.54) is 0 Å². The highest BCUT2D eigenvalue weighted by Crippen LogP contribution is 2.18. The minimum absolute atomic E-state index is 0.00925. The van der Waals surface area contributed by atoms with E-state index >= 15 is 0 Å². The summed E-state index contributed by atoms with van der Waals surface area (Å²) in [6, 6.07) is 7.53. The van der Waals surface area contributed by atoms with E-state index in [9.17, 15) is 15.0 Å². The molecular weight excluding hydrogens is 292 g/mol. The third-order valence-corrected chi connectivity index (χ3v) is 4.44. The third-order valence-electron chi connectivity index (χ3n) is 4.44. The Morgan fingerprint density at radius 2 is 1.87 bits per heavy atom. The maximum Gasteiger partial charge on any atom is 0.253 e. The van der Waals surface area contributed by atoms with Gasteiger partial charge in [-0.2, -0.15) is 0 Å². The molecule has 1 saturated heterocycles. The SMILES string of the molecule is CN(C)[C@@H]1CN(C(=O)c2ccc(CCC(C)(C)O)cc2)C[C@H]1O. The molecule has 128 valence electrons. The molecule has 1 fully saturated rings. The molecule has 2 atom stereocenters. The molecule has 0 spiro atoms. The number of likely N-dealkylation sites (tertiary alicyclic amines) is 1. The normalized spacial score (nSPS) is 22.0. The Balaban J connectivity index is 1.98. The first-order valence-electron chi connectivity index (χ1n) is 8.12. The van der Waals surface area contributed by atoms with E-state index in [0.717, 1.165) is 12.0 Å². The second kappa shape index (κ2) is 6.99. The highest BCUT2D eigenvalue weighted by molar-refractivity contribution is 5.94. The number of hydrogen-bond acceptors (Lipinski definition) is 4. The first-order chi connectivity index (χ1) is 10.7. The van der Waals surface area contributed by atoms with Crippen LogP contribution in [0.5, 0.6) is 0 Å². The lowest BCUT2D eigenvalue weighted by Gasteiger charge is -2.21. The topological polar surface area (TPSA) is 64.0 Å². The maximum absolute atomic E-state index is 12.5. The van der Waals surface area contributed by atoms with Crippen LogP contribution in [0.15, 0.2) is 24.3 Å². The van der Waals surface area contributed by atoms with Gasteiger partial charge in [-0.3, -0.25) is 4.79 Å². The minimum Gasteiger partial charge on any atom is -0.390 e. The smallest absolute Gasteiger partial charge is 0.253 e. The lowest BCUT2D eigenvalue weighted by atomic mass is 9.98. The highest BCUT2D eigenvalue weighted by Gasteiger charge is 2.35. The van der Waals surface area contributed by atoms with Crippen molar-refractivity contribution in [2.75, 3.05) is 27.2 Å². The Morgan fingerprint density at radius 3 is 2.35 bits per heavy atom. The molecule has 0 saturated carbocycles. The monoisotopic (exact) mass is 320 g/mol. The first-order valence-corrected chi connectivity index (χ1v) is 8.12. The van der Waals surface area contributed by atoms with Gasteiger partial charge < -0.3 is 20.0 Å². The van der Waals surface area contributed by atoms with Crippen molar-refractivity contribution in [1.82, 2.24) is 9.80 Å². The molecule has 1 aliphatic rings. The second-order valence-electron chi connectivity index (χ2n) is 7.32. The molecule has 1 amide bonds. The number of β-amino-alcohol motifs (C(OH)–C–C–N with tert-alkyl or cyclic N) is 1. The number of aliphatic hydroxyl groups excluding tert-OH is 1. The number of aryl methyl sites for hydroxylation is 1. The van der Waals surface area contributed by atoms with Crippen molar-refractivity contribution in [1.29, 1.82) is 0 Å². The summed E-state index contributed by atoms with van der Waals surface area (Å²) in [4.78, 5) is 16.2. The highest BCUT2D eigenvalue weighted by atomic mass is 16.3. The van der Waals surface area contributed by atoms with Crippen LogP contribution in [0.2, 0.25) is 0 Å². The van der Waals surface area contributed by atoms with Crippen molar-refractivity contribution in [2.45, 2.75) is 44.4 Å². The van der Waals surface area contributed by atoms with Crippen LogP contribution < -0.4 is 0 Å². The van der Waals surface area contributed by atoms with E-state index < -0.39 is 11.7 Å². The van der Waals surface area contributed by atoms with Gasteiger partial charge in [-0.1, -0.05) is 12.1 Å². The van der Waals surface area contributed by atoms with Crippen molar-refractivity contribution in [3.8, 4) is 0 Å². The fraction of sp³-hybridized carbons (Fsp3) is 0.611. The maximum atomic E-state index is 12.5. The zero-order valence-electron chi connectivity index (χ0n) is 14.5. The number of carbonyl (C=O) groups is 1. The van der Waals surface area contributed by atoms with Gasteiger partial charge in [-0.05, 0) is 58.5 Å². The molecule has 1 aliphatic heterocycles. The summed E-state index contributed by atoms with van der Waals surface area (Å²) in [7, 11) is 3.83. The van der Waals surface area contributed by atoms with Gasteiger partial charge in [0.05, 0.1) is 17.7 Å². The number of amides is 1. The van der Waals surface area contributed by atoms with Gasteiger partial charge in [-0.15, -0.1) is 0 Å². The zero-order valence-corrected chi connectivity index (χ0v) is 14.5. The van der Waals surface area contributed by atoms with Crippen LogP contribution in [0.25, 0.3) is 0 Å². The van der Waals surface area contributed by atoms with Crippen LogP contribution in [0.4, 0.5) is 0 Å². The number of aliphatic hydroxyl groups is 2. The van der Waals surface area contributed by atoms with Crippen molar-refractivity contribution >= 4 is 5.91 Å². The van der Waals surface area contributed by atoms with E-state index in [0.29, 0.717) is 25.1 Å². The lowest BCUT2D eigenvalue weighted by Crippen LogP contribution is -2.38. The van der Waals surface area contributed by atoms with E-state index in [1.54, 1.807) is 18.7 Å². The summed E-state index contributed by atoms with van der Waals surface area (Å²) in [5.74, 6) is -0.0394. The lowest BCUT2D eigenvalue weighted by molar-refractivity contribution is 0.0712. The molecule has 1 heterocycles. The molecule has 1 aromatic rings. The van der Waals surface area contributed by atoms with Gasteiger partial charge in [0.1, 0.15) is 0 Å². The number of nitrogens with zero attached hydrogens (tertiary/aromatic N) is 2. The Labute approximate surface area is 138 Å². The molecule has 1 aromatic carbocycles. The fourth-order valence-corrected chi connectivity index (χ4v) is 2.89. The molecule has 0 aliphatic carbocycles. The first kappa shape index (κ1) is 17.9. The van der Waals surface area contributed by atoms with Crippen molar-refractivity contribution in [3.63, 3.8) is 0 Å². The average Bonchev–Trinajstić information content (AvgIpc) is 2.86. The second-order valence-corrected chi connectivity index (χ2v) is 7.32. The molecule has 2 N–H and O–H groups in total. The van der Waals surface area contributed by atoms with Crippen molar-refractivity contribution < 1.29 is 15.0 Å². The van der Waals surface area contributed by atoms with Crippen LogP contribution in [-0.2, 0) is 6.42 Å². The van der Waals surface area contributed by atoms with E-state index in [2.05, 4.69) is 0 Å². The van der Waals surface area contributed by atoms with Gasteiger partial charge in [0.25, 0.3) is 5.91 Å². The molecule has 0 unspecified atom stereocenters. The average molecular weight is 320 g/mol. The predicted molar refractivity (Wildman–Crippen MR) is 90.4 cm³/mol. The van der Waals surface area contributed by atoms with Crippen LogP contribution in [-0.4, -0.2) is 70.9 Å². The summed E-state index contributed by atoms with van der Waals surface area (Å²) >= 11 is 0. The number of carbonyl (C=O) groups excluding carboxylic acids is 1. The number of likely N-dealkylation sites (N-methyl/N-ethyl adjacent to an activating group) is 1. The van der Waals surface area contributed by atoms with E-state index in [-0.39, 0.29) is 11.9 Å². The quantitative estimate of drug-likeness (QED) is 0.854. The Hall–Kier alpha value is -1.43. The van der Waals surface area contributed by atoms with Gasteiger partial charge in [0, 0.05) is 18.7 Å². The van der Waals surface area contributed by atoms with Gasteiger partial charge in [0.15, 0.2) is 0 Å². The van der Waals surface area contributed by atoms with Crippen molar-refractivity contribution in [2.24, 2.45) is 0 Å². The predicted octanol–water partition coefficient (Wildman–Crippen LogP) is 1.14. The van der Waals surface area contributed by atoms with E-state index in [4.69, 9.17) is 0 Å². The molecule has 23 heavy (non-hydrogen) atoms. The molecule has 5 nitrogen and oxygen atoms in total. The Bertz CT molecular complexity index is 534. The number of hydrogen-bond donors (Lipinski definition) is 2. The van der Waals surface area contributed by atoms with Crippen LogP contribution in [0.3, 0.4) is 0 Å². The summed E-state index contributed by atoms with van der Waals surface area (Å²) < 4.78 is 0. The van der Waals surface area contributed by atoms with Gasteiger partial charge in [0.2, 0.25) is 0 Å². The number of rotatable bonds is 5. The van der Waals surface area contributed by atoms with E-state index in [1.807, 2.05) is 43.3 Å². The number of benzene rings is 1. The molecule has 2 rings (SSSR count). The van der Waals surface area contributed by atoms with Crippen LogP contribution in [0, 0.1) is 0 Å². The third kappa shape index (κ3) is 4.77.